The van der Waals surface area contributed by atoms with E-state index in [1.807, 2.05) is 24.3 Å². The maximum Gasteiger partial charge on any atom is 0.416 e. The zero-order valence-electron chi connectivity index (χ0n) is 24.2. The molecule has 1 atom stereocenters. The number of hydrogen-bond donors (Lipinski definition) is 0. The number of Topliss-reactive ketones (excluding diaryl/α,β-unsaturated/α-hetero) is 1. The predicted molar refractivity (Wildman–Crippen MR) is 160 cm³/mol. The minimum Gasteiger partial charge on any atom is -0.341 e. The van der Waals surface area contributed by atoms with Crippen molar-refractivity contribution >= 4 is 34.9 Å². The molecule has 2 aliphatic rings. The molecule has 1 saturated heterocycles. The van der Waals surface area contributed by atoms with E-state index in [0.717, 1.165) is 47.5 Å². The summed E-state index contributed by atoms with van der Waals surface area (Å²) in [5.41, 5.74) is -1.37. The molecule has 1 aliphatic heterocycles. The van der Waals surface area contributed by atoms with Crippen LogP contribution in [0.3, 0.4) is 0 Å². The zero-order valence-corrected chi connectivity index (χ0v) is 25.8. The first-order valence-electron chi connectivity index (χ1n) is 14.4. The molecule has 0 N–H and O–H groups in total. The van der Waals surface area contributed by atoms with Gasteiger partial charge in [0.15, 0.2) is 5.78 Å². The molecule has 45 heavy (non-hydrogen) atoms. The number of alkyl halides is 6. The third kappa shape index (κ3) is 7.18. The van der Waals surface area contributed by atoms with Crippen molar-refractivity contribution in [2.75, 3.05) is 33.2 Å². The molecule has 0 bridgehead atoms. The van der Waals surface area contributed by atoms with E-state index in [2.05, 4.69) is 4.90 Å². The highest BCUT2D eigenvalue weighted by Crippen LogP contribution is 2.46. The minimum atomic E-state index is -5.07. The van der Waals surface area contributed by atoms with Crippen molar-refractivity contribution < 1.29 is 35.9 Å². The summed E-state index contributed by atoms with van der Waals surface area (Å²) >= 11 is 12.4. The van der Waals surface area contributed by atoms with Crippen LogP contribution in [0.1, 0.15) is 74.6 Å². The molecule has 0 radical (unpaired) electrons. The Bertz CT molecular complexity index is 1570. The lowest BCUT2D eigenvalue weighted by molar-refractivity contribution is -0.143. The van der Waals surface area contributed by atoms with E-state index < -0.39 is 35.0 Å². The third-order valence-electron chi connectivity index (χ3n) is 9.00. The van der Waals surface area contributed by atoms with Crippen LogP contribution in [0.25, 0.3) is 0 Å². The molecule has 0 unspecified atom stereocenters. The van der Waals surface area contributed by atoms with Crippen molar-refractivity contribution in [3.05, 3.63) is 104 Å². The van der Waals surface area contributed by atoms with Gasteiger partial charge >= 0.3 is 12.4 Å². The molecule has 3 aromatic carbocycles. The Kier molecular flexibility index (Phi) is 9.33. The van der Waals surface area contributed by atoms with E-state index in [1.165, 1.54) is 7.05 Å². The lowest BCUT2D eigenvalue weighted by atomic mass is 9.73. The Morgan fingerprint density at radius 2 is 1.53 bits per heavy atom. The maximum absolute atomic E-state index is 13.4. The van der Waals surface area contributed by atoms with Crippen molar-refractivity contribution in [3.63, 3.8) is 0 Å². The van der Waals surface area contributed by atoms with Gasteiger partial charge in [0.25, 0.3) is 5.91 Å². The van der Waals surface area contributed by atoms with Crippen LogP contribution in [0, 0.1) is 0 Å². The molecule has 240 valence electrons. The highest BCUT2D eigenvalue weighted by Gasteiger charge is 2.45. The topological polar surface area (TPSA) is 40.6 Å². The first kappa shape index (κ1) is 33.3. The van der Waals surface area contributed by atoms with Crippen LogP contribution in [0.5, 0.6) is 0 Å². The first-order valence-corrected chi connectivity index (χ1v) is 15.2. The molecule has 1 fully saturated rings. The second-order valence-electron chi connectivity index (χ2n) is 11.9. The number of benzene rings is 3. The number of fused-ring (bicyclic) bond motifs is 2. The predicted octanol–water partition coefficient (Wildman–Crippen LogP) is 8.90. The normalized spacial score (nSPS) is 17.4. The van der Waals surface area contributed by atoms with Crippen molar-refractivity contribution in [3.8, 4) is 0 Å². The average Bonchev–Trinajstić information content (AvgIpc) is 3.26. The van der Waals surface area contributed by atoms with E-state index in [1.54, 1.807) is 18.2 Å². The average molecular weight is 672 g/mol. The number of likely N-dealkylation sites (tertiary alicyclic amines) is 1. The van der Waals surface area contributed by atoms with Crippen molar-refractivity contribution in [2.24, 2.45) is 0 Å². The van der Waals surface area contributed by atoms with Gasteiger partial charge in [-0.1, -0.05) is 53.5 Å². The lowest BCUT2D eigenvalue weighted by Gasteiger charge is -2.40. The van der Waals surface area contributed by atoms with Gasteiger partial charge in [-0.2, -0.15) is 26.3 Å². The van der Waals surface area contributed by atoms with Gasteiger partial charge in [-0.25, -0.2) is 0 Å². The Labute approximate surface area is 266 Å². The largest absolute Gasteiger partial charge is 0.416 e. The van der Waals surface area contributed by atoms with E-state index in [4.69, 9.17) is 23.2 Å². The number of amides is 1. The number of likely N-dealkylation sites (N-methyl/N-ethyl adjacent to an activating group) is 1. The molecule has 1 amide bonds. The number of carbonyl (C=O) groups is 2. The van der Waals surface area contributed by atoms with Gasteiger partial charge in [0.1, 0.15) is 0 Å². The second-order valence-corrected chi connectivity index (χ2v) is 12.7. The van der Waals surface area contributed by atoms with Gasteiger partial charge in [0.05, 0.1) is 21.2 Å². The third-order valence-corrected chi connectivity index (χ3v) is 9.73. The molecule has 4 nitrogen and oxygen atoms in total. The monoisotopic (exact) mass is 670 g/mol. The van der Waals surface area contributed by atoms with Gasteiger partial charge in [0, 0.05) is 42.5 Å². The fourth-order valence-electron chi connectivity index (χ4n) is 6.52. The number of ketones is 1. The zero-order chi connectivity index (χ0) is 32.7. The molecule has 12 heteroatoms. The van der Waals surface area contributed by atoms with Crippen LogP contribution in [0.2, 0.25) is 10.0 Å². The van der Waals surface area contributed by atoms with Gasteiger partial charge in [-0.05, 0) is 80.4 Å². The highest BCUT2D eigenvalue weighted by molar-refractivity contribution is 6.42. The van der Waals surface area contributed by atoms with Gasteiger partial charge in [-0.15, -0.1) is 0 Å². The summed E-state index contributed by atoms with van der Waals surface area (Å²) in [5.74, 6) is -1.16. The van der Waals surface area contributed by atoms with Gasteiger partial charge in [0.2, 0.25) is 0 Å². The number of carbonyl (C=O) groups excluding carboxylic acids is 2. The van der Waals surface area contributed by atoms with Crippen LogP contribution >= 0.6 is 23.2 Å². The number of rotatable bonds is 7. The van der Waals surface area contributed by atoms with Crippen LogP contribution in [0.15, 0.2) is 60.7 Å². The number of nitrogens with zero attached hydrogens (tertiary/aromatic N) is 2. The summed E-state index contributed by atoms with van der Waals surface area (Å²) in [6.07, 6.45) is -7.51. The van der Waals surface area contributed by atoms with E-state index in [-0.39, 0.29) is 34.7 Å². The summed E-state index contributed by atoms with van der Waals surface area (Å²) in [6, 6.07) is 13.6. The molecule has 0 saturated carbocycles. The molecule has 1 heterocycles. The SMILES string of the molecule is CN(C[C@@H](CCN1CCC2(CC1)CC(=O)c1ccccc12)c1ccc(Cl)c(Cl)c1)C(=O)c1cc(C(F)(F)F)cc(C(F)(F)F)c1. The van der Waals surface area contributed by atoms with Crippen LogP contribution in [-0.2, 0) is 17.8 Å². The van der Waals surface area contributed by atoms with Crippen LogP contribution in [-0.4, -0.2) is 54.7 Å². The lowest BCUT2D eigenvalue weighted by Crippen LogP contribution is -2.42. The Morgan fingerprint density at radius 1 is 0.911 bits per heavy atom. The highest BCUT2D eigenvalue weighted by atomic mass is 35.5. The molecule has 1 spiro atoms. The quantitative estimate of drug-likeness (QED) is 0.236. The fraction of sp³-hybridized carbons (Fsp3) is 0.394. The van der Waals surface area contributed by atoms with Gasteiger partial charge in [-0.3, -0.25) is 9.59 Å². The summed E-state index contributed by atoms with van der Waals surface area (Å²) in [4.78, 5) is 29.3. The van der Waals surface area contributed by atoms with E-state index in [9.17, 15) is 35.9 Å². The summed E-state index contributed by atoms with van der Waals surface area (Å²) in [7, 11) is 1.35. The molecule has 0 aromatic heterocycles. The number of halogens is 8. The minimum absolute atomic E-state index is 0.00187. The van der Waals surface area contributed by atoms with Crippen molar-refractivity contribution in [1.29, 1.82) is 0 Å². The maximum atomic E-state index is 13.4. The standard InChI is InChI=1S/C33H30Cl2F6N2O2/c1-42(30(45)22-14-23(32(36,37)38)17-24(15-22)33(39,40)41)19-21(20-6-7-27(34)28(35)16-20)8-11-43-12-9-31(10-13-43)18-29(44)25-4-2-3-5-26(25)31/h2-7,14-17,21H,8-13,18-19H2,1H3/t21-/m1/s1. The molecular formula is C33H30Cl2F6N2O2. The molecular weight excluding hydrogens is 641 g/mol. The Balaban J connectivity index is 1.32. The van der Waals surface area contributed by atoms with E-state index in [0.29, 0.717) is 36.5 Å². The van der Waals surface area contributed by atoms with Crippen molar-refractivity contribution in [1.82, 2.24) is 9.80 Å². The second kappa shape index (κ2) is 12.6. The molecule has 3 aromatic rings. The van der Waals surface area contributed by atoms with Crippen LogP contribution in [0.4, 0.5) is 26.3 Å². The molecule has 1 aliphatic carbocycles. The van der Waals surface area contributed by atoms with E-state index >= 15 is 0 Å². The van der Waals surface area contributed by atoms with Crippen LogP contribution < -0.4 is 0 Å². The van der Waals surface area contributed by atoms with Crippen molar-refractivity contribution in [2.45, 2.75) is 49.4 Å². The first-order chi connectivity index (χ1) is 21.1. The summed E-state index contributed by atoms with van der Waals surface area (Å²) in [5, 5.41) is 0.602. The fourth-order valence-corrected chi connectivity index (χ4v) is 6.82. The summed E-state index contributed by atoms with van der Waals surface area (Å²) < 4.78 is 80.6. The Morgan fingerprint density at radius 3 is 2.13 bits per heavy atom. The molecule has 5 rings (SSSR count). The smallest absolute Gasteiger partial charge is 0.341 e. The summed E-state index contributed by atoms with van der Waals surface area (Å²) in [6.45, 7) is 2.11. The Hall–Kier alpha value is -3.08. The number of piperidine rings is 1. The number of hydrogen-bond acceptors (Lipinski definition) is 3. The van der Waals surface area contributed by atoms with Gasteiger partial charge < -0.3 is 9.80 Å².